The van der Waals surface area contributed by atoms with Crippen molar-refractivity contribution in [2.75, 3.05) is 19.6 Å². The molecule has 33 heavy (non-hydrogen) atoms. The summed E-state index contributed by atoms with van der Waals surface area (Å²) >= 11 is 0. The lowest BCUT2D eigenvalue weighted by atomic mass is 9.61. The summed E-state index contributed by atoms with van der Waals surface area (Å²) in [4.78, 5) is 2.31. The number of ether oxygens (including phenoxy) is 1. The SMILES string of the molecule is C=C1[C@H](O)CC(=C/C=C2\CCC[C@]3(C)[C@@H]([C@H](C)CN4CC[C@@H](OC(F)F)C4)CC[C@@H]23)C[C@H]1O. The van der Waals surface area contributed by atoms with Crippen molar-refractivity contribution in [3.8, 4) is 0 Å². The highest BCUT2D eigenvalue weighted by Crippen LogP contribution is 2.59. The van der Waals surface area contributed by atoms with Gasteiger partial charge in [0.15, 0.2) is 0 Å². The number of halogens is 2. The van der Waals surface area contributed by atoms with Crippen LogP contribution in [0, 0.1) is 23.2 Å². The lowest BCUT2D eigenvalue weighted by Crippen LogP contribution is -2.39. The maximum atomic E-state index is 12.6. The van der Waals surface area contributed by atoms with Crippen molar-refractivity contribution in [3.63, 3.8) is 0 Å². The van der Waals surface area contributed by atoms with Gasteiger partial charge in [0.1, 0.15) is 0 Å². The maximum Gasteiger partial charge on any atom is 0.345 e. The number of hydrogen-bond acceptors (Lipinski definition) is 4. The quantitative estimate of drug-likeness (QED) is 0.538. The van der Waals surface area contributed by atoms with Gasteiger partial charge < -0.3 is 19.8 Å². The first-order valence-electron chi connectivity index (χ1n) is 12.8. The van der Waals surface area contributed by atoms with Gasteiger partial charge in [0.2, 0.25) is 0 Å². The molecule has 186 valence electrons. The van der Waals surface area contributed by atoms with E-state index in [1.54, 1.807) is 0 Å². The van der Waals surface area contributed by atoms with Crippen LogP contribution in [0.2, 0.25) is 0 Å². The van der Waals surface area contributed by atoms with Crippen molar-refractivity contribution in [1.82, 2.24) is 4.90 Å². The molecule has 3 aliphatic carbocycles. The van der Waals surface area contributed by atoms with Crippen LogP contribution in [0.3, 0.4) is 0 Å². The van der Waals surface area contributed by atoms with Gasteiger partial charge in [0.25, 0.3) is 0 Å². The molecule has 4 aliphatic rings. The van der Waals surface area contributed by atoms with Crippen LogP contribution >= 0.6 is 0 Å². The summed E-state index contributed by atoms with van der Waals surface area (Å²) in [5, 5.41) is 20.3. The van der Waals surface area contributed by atoms with Gasteiger partial charge in [-0.2, -0.15) is 8.78 Å². The van der Waals surface area contributed by atoms with E-state index in [1.165, 1.54) is 31.3 Å². The number of nitrogens with zero attached hydrogens (tertiary/aromatic N) is 1. The van der Waals surface area contributed by atoms with Crippen molar-refractivity contribution < 1.29 is 23.7 Å². The van der Waals surface area contributed by atoms with Gasteiger partial charge in [-0.1, -0.05) is 43.7 Å². The van der Waals surface area contributed by atoms with Crippen LogP contribution in [-0.2, 0) is 4.74 Å². The van der Waals surface area contributed by atoms with Crippen molar-refractivity contribution in [1.29, 1.82) is 0 Å². The number of rotatable bonds is 6. The molecule has 4 rings (SSSR count). The second kappa shape index (κ2) is 10.3. The first-order chi connectivity index (χ1) is 15.7. The van der Waals surface area contributed by atoms with Crippen LogP contribution in [-0.4, -0.2) is 59.7 Å². The van der Waals surface area contributed by atoms with Crippen LogP contribution in [0.25, 0.3) is 0 Å². The maximum absolute atomic E-state index is 12.6. The molecule has 0 spiro atoms. The molecule has 0 bridgehead atoms. The fourth-order valence-electron chi connectivity index (χ4n) is 7.39. The van der Waals surface area contributed by atoms with E-state index in [0.717, 1.165) is 25.1 Å². The third kappa shape index (κ3) is 5.44. The molecule has 7 atom stereocenters. The van der Waals surface area contributed by atoms with E-state index in [4.69, 9.17) is 4.74 Å². The van der Waals surface area contributed by atoms with E-state index in [2.05, 4.69) is 37.5 Å². The summed E-state index contributed by atoms with van der Waals surface area (Å²) < 4.78 is 29.8. The molecule has 0 aromatic rings. The van der Waals surface area contributed by atoms with E-state index in [1.807, 2.05) is 0 Å². The average molecular weight is 466 g/mol. The number of aliphatic hydroxyl groups is 2. The third-order valence-corrected chi connectivity index (χ3v) is 9.10. The molecule has 4 nitrogen and oxygen atoms in total. The zero-order valence-corrected chi connectivity index (χ0v) is 20.2. The molecule has 1 heterocycles. The summed E-state index contributed by atoms with van der Waals surface area (Å²) in [6.07, 6.45) is 10.6. The summed E-state index contributed by atoms with van der Waals surface area (Å²) in [7, 11) is 0. The molecule has 0 amide bonds. The second-order valence-corrected chi connectivity index (χ2v) is 11.2. The second-order valence-electron chi connectivity index (χ2n) is 11.2. The molecular weight excluding hydrogens is 424 g/mol. The highest BCUT2D eigenvalue weighted by Gasteiger charge is 2.50. The number of hydrogen-bond donors (Lipinski definition) is 2. The standard InChI is InChI=1S/C27H41F2NO3/c1-17(15-30-12-10-21(16-30)33-26(28)29)22-8-9-23-20(5-4-11-27(22,23)3)7-6-19-13-24(31)18(2)25(32)14-19/h6-7,17,21-26,31-32H,2,4-5,8-16H2,1,3H3/b20-7+/t17-,21-,22-,23+,24-,25-,27-/m1/s1. The topological polar surface area (TPSA) is 52.9 Å². The van der Waals surface area contributed by atoms with E-state index in [-0.39, 0.29) is 11.5 Å². The normalized spacial score (nSPS) is 40.0. The van der Waals surface area contributed by atoms with Crippen LogP contribution in [0.1, 0.15) is 65.2 Å². The average Bonchev–Trinajstić information content (AvgIpc) is 3.33. The van der Waals surface area contributed by atoms with Crippen LogP contribution in [0.4, 0.5) is 8.78 Å². The Morgan fingerprint density at radius 3 is 2.61 bits per heavy atom. The molecule has 3 saturated carbocycles. The number of allylic oxidation sites excluding steroid dienone is 3. The Bertz CT molecular complexity index is 765. The third-order valence-electron chi connectivity index (χ3n) is 9.10. The molecule has 1 aliphatic heterocycles. The van der Waals surface area contributed by atoms with E-state index < -0.39 is 18.8 Å². The van der Waals surface area contributed by atoms with Gasteiger partial charge in [0.05, 0.1) is 18.3 Å². The molecule has 0 aromatic carbocycles. The Morgan fingerprint density at radius 1 is 1.18 bits per heavy atom. The van der Waals surface area contributed by atoms with Crippen molar-refractivity contribution in [3.05, 3.63) is 35.5 Å². The molecule has 0 radical (unpaired) electrons. The minimum atomic E-state index is -2.68. The minimum absolute atomic E-state index is 0.278. The Labute approximate surface area is 197 Å². The fourth-order valence-corrected chi connectivity index (χ4v) is 7.39. The predicted octanol–water partition coefficient (Wildman–Crippen LogP) is 5.08. The molecule has 6 heteroatoms. The first kappa shape index (κ1) is 25.0. The molecule has 0 unspecified atom stereocenters. The molecule has 1 saturated heterocycles. The Morgan fingerprint density at radius 2 is 1.91 bits per heavy atom. The fraction of sp³-hybridized carbons (Fsp3) is 0.778. The molecule has 4 fully saturated rings. The summed E-state index contributed by atoms with van der Waals surface area (Å²) in [6.45, 7) is 8.36. The van der Waals surface area contributed by atoms with Crippen LogP contribution < -0.4 is 0 Å². The van der Waals surface area contributed by atoms with Gasteiger partial charge in [-0.3, -0.25) is 0 Å². The number of fused-ring (bicyclic) bond motifs is 1. The van der Waals surface area contributed by atoms with Gasteiger partial charge in [-0.25, -0.2) is 0 Å². The summed E-state index contributed by atoms with van der Waals surface area (Å²) in [5.41, 5.74) is 3.42. The number of likely N-dealkylation sites (tertiary alicyclic amines) is 1. The Kier molecular flexibility index (Phi) is 7.79. The van der Waals surface area contributed by atoms with Crippen molar-refractivity contribution in [2.45, 2.75) is 90.1 Å². The lowest BCUT2D eigenvalue weighted by molar-refractivity contribution is -0.158. The lowest BCUT2D eigenvalue weighted by Gasteiger charge is -2.45. The Balaban J connectivity index is 1.40. The zero-order valence-electron chi connectivity index (χ0n) is 20.2. The molecular formula is C27H41F2NO3. The smallest absolute Gasteiger partial charge is 0.345 e. The molecule has 2 N–H and O–H groups in total. The van der Waals surface area contributed by atoms with E-state index in [0.29, 0.717) is 49.1 Å². The van der Waals surface area contributed by atoms with E-state index in [9.17, 15) is 19.0 Å². The first-order valence-corrected chi connectivity index (χ1v) is 12.8. The predicted molar refractivity (Wildman–Crippen MR) is 126 cm³/mol. The zero-order chi connectivity index (χ0) is 23.8. The van der Waals surface area contributed by atoms with E-state index >= 15 is 0 Å². The highest BCUT2D eigenvalue weighted by atomic mass is 19.3. The number of aliphatic hydroxyl groups excluding tert-OH is 2. The molecule has 0 aromatic heterocycles. The van der Waals surface area contributed by atoms with Crippen molar-refractivity contribution in [2.24, 2.45) is 23.2 Å². The van der Waals surface area contributed by atoms with Crippen molar-refractivity contribution >= 4 is 0 Å². The summed E-state index contributed by atoms with van der Waals surface area (Å²) in [5.74, 6) is 1.74. The van der Waals surface area contributed by atoms with Gasteiger partial charge >= 0.3 is 6.61 Å². The van der Waals surface area contributed by atoms with Gasteiger partial charge in [-0.15, -0.1) is 0 Å². The minimum Gasteiger partial charge on any atom is -0.388 e. The number of alkyl halides is 2. The van der Waals surface area contributed by atoms with Gasteiger partial charge in [-0.05, 0) is 80.1 Å². The summed E-state index contributed by atoms with van der Waals surface area (Å²) in [6, 6.07) is 0. The monoisotopic (exact) mass is 465 g/mol. The van der Waals surface area contributed by atoms with Gasteiger partial charge in [0, 0.05) is 19.6 Å². The highest BCUT2D eigenvalue weighted by molar-refractivity contribution is 5.29. The van der Waals surface area contributed by atoms with Crippen LogP contribution in [0.5, 0.6) is 0 Å². The van der Waals surface area contributed by atoms with Crippen LogP contribution in [0.15, 0.2) is 35.5 Å². The Hall–Kier alpha value is -1.08. The largest absolute Gasteiger partial charge is 0.388 e.